The Balaban J connectivity index is 1.55. The van der Waals surface area contributed by atoms with Crippen LogP contribution < -0.4 is 10.6 Å². The van der Waals surface area contributed by atoms with Crippen LogP contribution in [-0.4, -0.2) is 56.9 Å². The van der Waals surface area contributed by atoms with Crippen molar-refractivity contribution in [2.75, 3.05) is 46.0 Å². The first-order valence-corrected chi connectivity index (χ1v) is 9.67. The second kappa shape index (κ2) is 10.6. The fourth-order valence-corrected chi connectivity index (χ4v) is 3.58. The average Bonchev–Trinajstić information content (AvgIpc) is 2.60. The van der Waals surface area contributed by atoms with E-state index in [4.69, 9.17) is 0 Å². The number of nitrogens with zero attached hydrogens (tertiary/aromatic N) is 2. The molecule has 0 spiro atoms. The van der Waals surface area contributed by atoms with Crippen LogP contribution in [0.4, 0.5) is 4.39 Å². The van der Waals surface area contributed by atoms with Gasteiger partial charge in [0.1, 0.15) is 5.82 Å². The number of hydrogen-bond acceptors (Lipinski definition) is 3. The van der Waals surface area contributed by atoms with Crippen LogP contribution in [0.1, 0.15) is 19.3 Å². The number of rotatable bonds is 7. The molecule has 0 aliphatic carbocycles. The molecule has 0 aromatic heterocycles. The fourth-order valence-electron chi connectivity index (χ4n) is 2.73. The van der Waals surface area contributed by atoms with Gasteiger partial charge in [0.15, 0.2) is 5.96 Å². The minimum absolute atomic E-state index is 0.180. The van der Waals surface area contributed by atoms with Crippen molar-refractivity contribution in [2.45, 2.75) is 24.2 Å². The van der Waals surface area contributed by atoms with Gasteiger partial charge in [-0.2, -0.15) is 0 Å². The van der Waals surface area contributed by atoms with Gasteiger partial charge in [-0.05, 0) is 75.3 Å². The number of benzene rings is 1. The number of piperidine rings is 1. The highest BCUT2D eigenvalue weighted by Crippen LogP contribution is 2.18. The molecule has 4 nitrogen and oxygen atoms in total. The molecule has 0 unspecified atom stereocenters. The Morgan fingerprint density at radius 2 is 1.96 bits per heavy atom. The van der Waals surface area contributed by atoms with Gasteiger partial charge >= 0.3 is 0 Å². The van der Waals surface area contributed by atoms with Crippen LogP contribution in [0.2, 0.25) is 0 Å². The van der Waals surface area contributed by atoms with E-state index in [1.807, 2.05) is 19.2 Å². The lowest BCUT2D eigenvalue weighted by Crippen LogP contribution is -2.42. The maximum atomic E-state index is 12.8. The molecular formula is C18H29FN4S. The van der Waals surface area contributed by atoms with Crippen molar-refractivity contribution in [1.29, 1.82) is 0 Å². The highest BCUT2D eigenvalue weighted by molar-refractivity contribution is 7.99. The summed E-state index contributed by atoms with van der Waals surface area (Å²) in [7, 11) is 4.01. The van der Waals surface area contributed by atoms with Crippen LogP contribution in [0.15, 0.2) is 34.2 Å². The molecule has 134 valence electrons. The molecule has 0 amide bonds. The molecule has 1 aromatic carbocycles. The van der Waals surface area contributed by atoms with Crippen molar-refractivity contribution < 1.29 is 4.39 Å². The van der Waals surface area contributed by atoms with Crippen LogP contribution >= 0.6 is 11.8 Å². The number of nitrogens with one attached hydrogen (secondary N) is 2. The molecule has 2 N–H and O–H groups in total. The molecule has 2 rings (SSSR count). The zero-order chi connectivity index (χ0) is 17.2. The third-order valence-corrected chi connectivity index (χ3v) is 5.41. The van der Waals surface area contributed by atoms with Gasteiger partial charge in [0, 0.05) is 25.0 Å². The van der Waals surface area contributed by atoms with E-state index >= 15 is 0 Å². The van der Waals surface area contributed by atoms with Crippen molar-refractivity contribution in [1.82, 2.24) is 15.5 Å². The van der Waals surface area contributed by atoms with Gasteiger partial charge in [0.25, 0.3) is 0 Å². The van der Waals surface area contributed by atoms with E-state index in [1.165, 1.54) is 38.1 Å². The average molecular weight is 353 g/mol. The Hall–Kier alpha value is -1.27. The predicted molar refractivity (Wildman–Crippen MR) is 101 cm³/mol. The topological polar surface area (TPSA) is 39.7 Å². The maximum Gasteiger partial charge on any atom is 0.190 e. The monoisotopic (exact) mass is 352 g/mol. The second-order valence-electron chi connectivity index (χ2n) is 6.28. The highest BCUT2D eigenvalue weighted by atomic mass is 32.2. The molecule has 1 heterocycles. The molecule has 1 saturated heterocycles. The number of thioether (sulfide) groups is 1. The minimum atomic E-state index is -0.180. The van der Waals surface area contributed by atoms with Crippen molar-refractivity contribution in [2.24, 2.45) is 10.9 Å². The summed E-state index contributed by atoms with van der Waals surface area (Å²) in [4.78, 5) is 7.79. The lowest BCUT2D eigenvalue weighted by Gasteiger charge is -2.29. The molecular weight excluding hydrogens is 323 g/mol. The highest BCUT2D eigenvalue weighted by Gasteiger charge is 2.16. The predicted octanol–water partition coefficient (Wildman–Crippen LogP) is 2.81. The molecule has 1 aromatic rings. The number of hydrogen-bond donors (Lipinski definition) is 2. The SMILES string of the molecule is CN=C(NCCCSc1ccc(F)cc1)NCC1CCN(C)CC1. The Bertz CT molecular complexity index is 498. The third-order valence-electron chi connectivity index (χ3n) is 4.32. The Morgan fingerprint density at radius 1 is 1.25 bits per heavy atom. The summed E-state index contributed by atoms with van der Waals surface area (Å²) in [5, 5.41) is 6.81. The largest absolute Gasteiger partial charge is 0.356 e. The maximum absolute atomic E-state index is 12.8. The Kier molecular flexibility index (Phi) is 8.39. The Labute approximate surface area is 149 Å². The second-order valence-corrected chi connectivity index (χ2v) is 7.45. The Morgan fingerprint density at radius 3 is 2.62 bits per heavy atom. The molecule has 1 aliphatic heterocycles. The first-order valence-electron chi connectivity index (χ1n) is 8.69. The lowest BCUT2D eigenvalue weighted by molar-refractivity contribution is 0.220. The third kappa shape index (κ3) is 7.09. The quantitative estimate of drug-likeness (QED) is 0.343. The van der Waals surface area contributed by atoms with E-state index < -0.39 is 0 Å². The van der Waals surface area contributed by atoms with Crippen molar-refractivity contribution >= 4 is 17.7 Å². The standard InChI is InChI=1S/C18H29FN4S/c1-20-18(22-14-15-8-11-23(2)12-9-15)21-10-3-13-24-17-6-4-16(19)5-7-17/h4-7,15H,3,8-14H2,1-2H3,(H2,20,21,22). The lowest BCUT2D eigenvalue weighted by atomic mass is 9.97. The van der Waals surface area contributed by atoms with Crippen molar-refractivity contribution in [3.63, 3.8) is 0 Å². The summed E-state index contributed by atoms with van der Waals surface area (Å²) in [6, 6.07) is 6.68. The van der Waals surface area contributed by atoms with Crippen molar-refractivity contribution in [3.05, 3.63) is 30.1 Å². The van der Waals surface area contributed by atoms with Gasteiger partial charge in [-0.3, -0.25) is 4.99 Å². The molecule has 1 aliphatic rings. The molecule has 0 bridgehead atoms. The molecule has 1 fully saturated rings. The van der Waals surface area contributed by atoms with Crippen molar-refractivity contribution in [3.8, 4) is 0 Å². The minimum Gasteiger partial charge on any atom is -0.356 e. The van der Waals surface area contributed by atoms with Gasteiger partial charge in [0.05, 0.1) is 0 Å². The fraction of sp³-hybridized carbons (Fsp3) is 0.611. The summed E-state index contributed by atoms with van der Waals surface area (Å²) >= 11 is 1.75. The van der Waals surface area contributed by atoms with Crippen LogP contribution in [0, 0.1) is 11.7 Å². The molecule has 24 heavy (non-hydrogen) atoms. The molecule has 0 saturated carbocycles. The normalized spacial score (nSPS) is 17.0. The van der Waals surface area contributed by atoms with Gasteiger partial charge in [-0.15, -0.1) is 11.8 Å². The number of halogens is 1. The van der Waals surface area contributed by atoms with Gasteiger partial charge < -0.3 is 15.5 Å². The van der Waals surface area contributed by atoms with Crippen LogP contribution in [0.25, 0.3) is 0 Å². The first kappa shape index (κ1) is 19.1. The van der Waals surface area contributed by atoms with Gasteiger partial charge in [0.2, 0.25) is 0 Å². The van der Waals surface area contributed by atoms with E-state index in [9.17, 15) is 4.39 Å². The number of aliphatic imine (C=N–C) groups is 1. The van der Waals surface area contributed by atoms with Crippen LogP contribution in [0.3, 0.4) is 0 Å². The molecule has 0 radical (unpaired) electrons. The number of likely N-dealkylation sites (tertiary alicyclic amines) is 1. The van der Waals surface area contributed by atoms with Gasteiger partial charge in [-0.25, -0.2) is 4.39 Å². The van der Waals surface area contributed by atoms with E-state index in [1.54, 1.807) is 11.8 Å². The van der Waals surface area contributed by atoms with Crippen LogP contribution in [-0.2, 0) is 0 Å². The van der Waals surface area contributed by atoms with E-state index in [2.05, 4.69) is 27.6 Å². The van der Waals surface area contributed by atoms with E-state index in [0.717, 1.165) is 42.0 Å². The summed E-state index contributed by atoms with van der Waals surface area (Å²) in [6.07, 6.45) is 3.56. The van der Waals surface area contributed by atoms with E-state index in [-0.39, 0.29) is 5.82 Å². The van der Waals surface area contributed by atoms with Crippen LogP contribution in [0.5, 0.6) is 0 Å². The molecule has 6 heteroatoms. The molecule has 0 atom stereocenters. The van der Waals surface area contributed by atoms with Gasteiger partial charge in [-0.1, -0.05) is 0 Å². The summed E-state index contributed by atoms with van der Waals surface area (Å²) in [5.41, 5.74) is 0. The number of guanidine groups is 1. The smallest absolute Gasteiger partial charge is 0.190 e. The van der Waals surface area contributed by atoms with E-state index in [0.29, 0.717) is 0 Å². The summed E-state index contributed by atoms with van der Waals surface area (Å²) in [6.45, 7) is 4.27. The summed E-state index contributed by atoms with van der Waals surface area (Å²) in [5.74, 6) is 2.46. The zero-order valence-corrected chi connectivity index (χ0v) is 15.5. The summed E-state index contributed by atoms with van der Waals surface area (Å²) < 4.78 is 12.8. The first-order chi connectivity index (χ1) is 11.7. The zero-order valence-electron chi connectivity index (χ0n) is 14.7.